The number of rotatable bonds is 6. The van der Waals surface area contributed by atoms with Gasteiger partial charge in [0.15, 0.2) is 11.6 Å². The molecule has 0 aromatic rings. The van der Waals surface area contributed by atoms with Crippen molar-refractivity contribution < 1.29 is 18.9 Å². The quantitative estimate of drug-likeness (QED) is 0.659. The molecule has 0 aliphatic heterocycles. The molecule has 0 spiro atoms. The second kappa shape index (κ2) is 5.00. The lowest BCUT2D eigenvalue weighted by atomic mass is 9.82. The molecule has 0 aromatic carbocycles. The topological polar surface area (TPSA) is 36.9 Å². The maximum atomic E-state index is 5.86. The third kappa shape index (κ3) is 2.94. The van der Waals surface area contributed by atoms with Crippen molar-refractivity contribution in [2.24, 2.45) is 0 Å². The fourth-order valence-corrected chi connectivity index (χ4v) is 2.19. The molecule has 0 N–H and O–H groups in total. The Hall–Kier alpha value is -0.160. The van der Waals surface area contributed by atoms with Gasteiger partial charge in [0.1, 0.15) is 0 Å². The molecule has 0 saturated heterocycles. The summed E-state index contributed by atoms with van der Waals surface area (Å²) in [6.45, 7) is 8.02. The van der Waals surface area contributed by atoms with Gasteiger partial charge in [-0.1, -0.05) is 0 Å². The van der Waals surface area contributed by atoms with Crippen molar-refractivity contribution in [3.63, 3.8) is 0 Å². The van der Waals surface area contributed by atoms with Crippen molar-refractivity contribution in [1.82, 2.24) is 0 Å². The predicted molar refractivity (Wildman–Crippen MR) is 61.2 cm³/mol. The van der Waals surface area contributed by atoms with E-state index in [0.717, 1.165) is 0 Å². The Bertz CT molecular complexity index is 201. The van der Waals surface area contributed by atoms with Gasteiger partial charge in [0.05, 0.1) is 25.0 Å². The normalized spacial score (nSPS) is 22.5. The summed E-state index contributed by atoms with van der Waals surface area (Å²) < 4.78 is 22.4. The van der Waals surface area contributed by atoms with E-state index < -0.39 is 11.6 Å². The lowest BCUT2D eigenvalue weighted by Crippen LogP contribution is -2.62. The second-order valence-corrected chi connectivity index (χ2v) is 4.92. The first-order valence-corrected chi connectivity index (χ1v) is 5.83. The van der Waals surface area contributed by atoms with E-state index in [4.69, 9.17) is 18.9 Å². The van der Waals surface area contributed by atoms with Crippen molar-refractivity contribution in [3.8, 4) is 0 Å². The highest BCUT2D eigenvalue weighted by Gasteiger charge is 2.59. The Morgan fingerprint density at radius 1 is 0.750 bits per heavy atom. The van der Waals surface area contributed by atoms with Gasteiger partial charge < -0.3 is 18.9 Å². The van der Waals surface area contributed by atoms with Crippen LogP contribution in [0.3, 0.4) is 0 Å². The summed E-state index contributed by atoms with van der Waals surface area (Å²) in [5.74, 6) is -1.09. The summed E-state index contributed by atoms with van der Waals surface area (Å²) in [5.41, 5.74) is 0. The number of hydrogen-bond acceptors (Lipinski definition) is 4. The summed E-state index contributed by atoms with van der Waals surface area (Å²) in [5, 5.41) is 0. The van der Waals surface area contributed by atoms with E-state index in [1.54, 1.807) is 14.2 Å². The van der Waals surface area contributed by atoms with Gasteiger partial charge in [-0.2, -0.15) is 0 Å². The zero-order valence-corrected chi connectivity index (χ0v) is 11.2. The van der Waals surface area contributed by atoms with E-state index in [2.05, 4.69) is 0 Å². The fourth-order valence-electron chi connectivity index (χ4n) is 2.19. The maximum absolute atomic E-state index is 5.86. The Morgan fingerprint density at radius 2 is 1.12 bits per heavy atom. The molecule has 0 atom stereocenters. The van der Waals surface area contributed by atoms with E-state index in [1.807, 2.05) is 27.7 Å². The molecule has 16 heavy (non-hydrogen) atoms. The number of methoxy groups -OCH3 is 2. The highest BCUT2D eigenvalue weighted by molar-refractivity contribution is 4.97. The zero-order valence-electron chi connectivity index (χ0n) is 11.2. The van der Waals surface area contributed by atoms with Crippen LogP contribution in [0.15, 0.2) is 0 Å². The molecule has 0 radical (unpaired) electrons. The SMILES string of the molecule is COC1(OC)CC(OC(C)C)(OC(C)C)C1. The third-order valence-electron chi connectivity index (χ3n) is 2.72. The van der Waals surface area contributed by atoms with E-state index in [-0.39, 0.29) is 12.2 Å². The monoisotopic (exact) mass is 232 g/mol. The van der Waals surface area contributed by atoms with Gasteiger partial charge in [-0.05, 0) is 27.7 Å². The molecule has 96 valence electrons. The number of hydrogen-bond donors (Lipinski definition) is 0. The zero-order chi connectivity index (χ0) is 12.4. The minimum absolute atomic E-state index is 0.130. The Kier molecular flexibility index (Phi) is 4.35. The summed E-state index contributed by atoms with van der Waals surface area (Å²) >= 11 is 0. The lowest BCUT2D eigenvalue weighted by molar-refractivity contribution is -0.409. The van der Waals surface area contributed by atoms with Crippen LogP contribution in [0.4, 0.5) is 0 Å². The molecule has 1 aliphatic rings. The van der Waals surface area contributed by atoms with Gasteiger partial charge in [-0.15, -0.1) is 0 Å². The predicted octanol–water partition coefficient (Wildman–Crippen LogP) is 2.32. The fraction of sp³-hybridized carbons (Fsp3) is 1.00. The smallest absolute Gasteiger partial charge is 0.179 e. The molecule has 1 fully saturated rings. The van der Waals surface area contributed by atoms with E-state index in [0.29, 0.717) is 12.8 Å². The molecule has 0 bridgehead atoms. The van der Waals surface area contributed by atoms with Crippen LogP contribution in [0.5, 0.6) is 0 Å². The molecule has 4 heteroatoms. The summed E-state index contributed by atoms with van der Waals surface area (Å²) in [6, 6.07) is 0. The van der Waals surface area contributed by atoms with Gasteiger partial charge >= 0.3 is 0 Å². The van der Waals surface area contributed by atoms with Crippen LogP contribution in [0.25, 0.3) is 0 Å². The molecular weight excluding hydrogens is 208 g/mol. The van der Waals surface area contributed by atoms with E-state index >= 15 is 0 Å². The van der Waals surface area contributed by atoms with Crippen LogP contribution < -0.4 is 0 Å². The van der Waals surface area contributed by atoms with Crippen LogP contribution in [-0.4, -0.2) is 38.0 Å². The van der Waals surface area contributed by atoms with Gasteiger partial charge in [0, 0.05) is 14.2 Å². The van der Waals surface area contributed by atoms with Crippen molar-refractivity contribution in [2.45, 2.75) is 64.3 Å². The van der Waals surface area contributed by atoms with Gasteiger partial charge in [0.2, 0.25) is 0 Å². The van der Waals surface area contributed by atoms with E-state index in [9.17, 15) is 0 Å². The first-order chi connectivity index (χ1) is 7.37. The van der Waals surface area contributed by atoms with Crippen molar-refractivity contribution in [2.75, 3.05) is 14.2 Å². The van der Waals surface area contributed by atoms with Crippen LogP contribution in [0.2, 0.25) is 0 Å². The molecule has 1 rings (SSSR count). The molecule has 0 heterocycles. The molecule has 1 saturated carbocycles. The van der Waals surface area contributed by atoms with Crippen molar-refractivity contribution in [3.05, 3.63) is 0 Å². The standard InChI is InChI=1S/C12H24O4/c1-9(2)15-12(16-10(3)4)7-11(8-12,13-5)14-6/h9-10H,7-8H2,1-6H3. The lowest BCUT2D eigenvalue weighted by Gasteiger charge is -2.53. The van der Waals surface area contributed by atoms with Crippen LogP contribution in [0, 0.1) is 0 Å². The van der Waals surface area contributed by atoms with Gasteiger partial charge in [0.25, 0.3) is 0 Å². The van der Waals surface area contributed by atoms with Gasteiger partial charge in [-0.25, -0.2) is 0 Å². The number of ether oxygens (including phenoxy) is 4. The average molecular weight is 232 g/mol. The first kappa shape index (κ1) is 13.9. The maximum Gasteiger partial charge on any atom is 0.179 e. The van der Waals surface area contributed by atoms with Crippen LogP contribution in [0.1, 0.15) is 40.5 Å². The Balaban J connectivity index is 2.64. The second-order valence-electron chi connectivity index (χ2n) is 4.92. The molecule has 0 unspecified atom stereocenters. The van der Waals surface area contributed by atoms with Crippen molar-refractivity contribution in [1.29, 1.82) is 0 Å². The minimum Gasteiger partial charge on any atom is -0.353 e. The molecule has 1 aliphatic carbocycles. The Labute approximate surface area is 98.2 Å². The van der Waals surface area contributed by atoms with Crippen LogP contribution in [-0.2, 0) is 18.9 Å². The molecule has 4 nitrogen and oxygen atoms in total. The molecule has 0 aromatic heterocycles. The highest BCUT2D eigenvalue weighted by atomic mass is 16.7. The third-order valence-corrected chi connectivity index (χ3v) is 2.72. The minimum atomic E-state index is -0.547. The van der Waals surface area contributed by atoms with Crippen LogP contribution >= 0.6 is 0 Å². The molecule has 0 amide bonds. The first-order valence-electron chi connectivity index (χ1n) is 5.83. The van der Waals surface area contributed by atoms with Gasteiger partial charge in [-0.3, -0.25) is 0 Å². The average Bonchev–Trinajstić information content (AvgIpc) is 2.10. The molecular formula is C12H24O4. The summed E-state index contributed by atoms with van der Waals surface area (Å²) in [4.78, 5) is 0. The summed E-state index contributed by atoms with van der Waals surface area (Å²) in [6.07, 6.45) is 1.49. The summed E-state index contributed by atoms with van der Waals surface area (Å²) in [7, 11) is 3.30. The Morgan fingerprint density at radius 3 is 1.38 bits per heavy atom. The highest BCUT2D eigenvalue weighted by Crippen LogP contribution is 2.48. The van der Waals surface area contributed by atoms with Crippen molar-refractivity contribution >= 4 is 0 Å². The largest absolute Gasteiger partial charge is 0.353 e. The van der Waals surface area contributed by atoms with E-state index in [1.165, 1.54) is 0 Å².